The summed E-state index contributed by atoms with van der Waals surface area (Å²) in [5.74, 6) is 0. The van der Waals surface area contributed by atoms with Crippen LogP contribution in [-0.4, -0.2) is 30.0 Å². The van der Waals surface area contributed by atoms with Crippen LogP contribution in [0.4, 0.5) is 5.00 Å². The van der Waals surface area contributed by atoms with E-state index in [2.05, 4.69) is 45.8 Å². The van der Waals surface area contributed by atoms with Crippen molar-refractivity contribution < 1.29 is 0 Å². The van der Waals surface area contributed by atoms with Crippen molar-refractivity contribution in [2.75, 3.05) is 24.5 Å². The number of rotatable bonds is 5. The molecule has 1 aliphatic rings. The number of nitrogens with zero attached hydrogens (tertiary/aromatic N) is 2. The summed E-state index contributed by atoms with van der Waals surface area (Å²) in [6.07, 6.45) is 3.80. The number of benzene rings is 1. The summed E-state index contributed by atoms with van der Waals surface area (Å²) < 4.78 is 4.57. The molecule has 1 aromatic carbocycles. The molecule has 0 radical (unpaired) electrons. The SMILES string of the molecule is CCCNCC1CCCN1c1snc2ccccc12. The average molecular weight is 275 g/mol. The van der Waals surface area contributed by atoms with Crippen LogP contribution >= 0.6 is 11.5 Å². The first-order chi connectivity index (χ1) is 9.40. The Morgan fingerprint density at radius 3 is 3.21 bits per heavy atom. The lowest BCUT2D eigenvalue weighted by atomic mass is 10.2. The summed E-state index contributed by atoms with van der Waals surface area (Å²) in [7, 11) is 0. The van der Waals surface area contributed by atoms with Gasteiger partial charge in [0.05, 0.1) is 5.52 Å². The van der Waals surface area contributed by atoms with Crippen LogP contribution in [0.1, 0.15) is 26.2 Å². The number of nitrogens with one attached hydrogen (secondary N) is 1. The fourth-order valence-corrected chi connectivity index (χ4v) is 3.80. The molecule has 0 amide bonds. The molecular formula is C15H21N3S. The van der Waals surface area contributed by atoms with E-state index in [1.54, 1.807) is 11.5 Å². The van der Waals surface area contributed by atoms with Gasteiger partial charge in [-0.05, 0) is 49.5 Å². The molecule has 1 N–H and O–H groups in total. The van der Waals surface area contributed by atoms with E-state index in [1.807, 2.05) is 0 Å². The van der Waals surface area contributed by atoms with Crippen molar-refractivity contribution in [1.82, 2.24) is 9.69 Å². The molecule has 19 heavy (non-hydrogen) atoms. The Morgan fingerprint density at radius 2 is 2.32 bits per heavy atom. The molecule has 1 aromatic heterocycles. The topological polar surface area (TPSA) is 28.2 Å². The lowest BCUT2D eigenvalue weighted by molar-refractivity contribution is 0.573. The maximum atomic E-state index is 4.57. The van der Waals surface area contributed by atoms with Gasteiger partial charge in [0, 0.05) is 24.5 Å². The van der Waals surface area contributed by atoms with E-state index < -0.39 is 0 Å². The van der Waals surface area contributed by atoms with E-state index in [1.165, 1.54) is 36.2 Å². The van der Waals surface area contributed by atoms with Crippen LogP contribution in [0.25, 0.3) is 10.9 Å². The fourth-order valence-electron chi connectivity index (χ4n) is 2.84. The fraction of sp³-hybridized carbons (Fsp3) is 0.533. The number of hydrogen-bond donors (Lipinski definition) is 1. The van der Waals surface area contributed by atoms with Crippen LogP contribution in [0, 0.1) is 0 Å². The Kier molecular flexibility index (Phi) is 3.99. The third kappa shape index (κ3) is 2.60. The van der Waals surface area contributed by atoms with Gasteiger partial charge < -0.3 is 10.2 Å². The summed E-state index contributed by atoms with van der Waals surface area (Å²) in [5.41, 5.74) is 1.13. The van der Waals surface area contributed by atoms with Crippen molar-refractivity contribution >= 4 is 27.4 Å². The normalized spacial score (nSPS) is 19.4. The first kappa shape index (κ1) is 12.9. The van der Waals surface area contributed by atoms with Gasteiger partial charge >= 0.3 is 0 Å². The molecule has 0 spiro atoms. The second-order valence-corrected chi connectivity index (χ2v) is 5.95. The Balaban J connectivity index is 1.80. The van der Waals surface area contributed by atoms with Gasteiger partial charge in [0.2, 0.25) is 0 Å². The Hall–Kier alpha value is -1.13. The highest BCUT2D eigenvalue weighted by Gasteiger charge is 2.26. The van der Waals surface area contributed by atoms with E-state index in [4.69, 9.17) is 0 Å². The largest absolute Gasteiger partial charge is 0.357 e. The van der Waals surface area contributed by atoms with Gasteiger partial charge in [0.1, 0.15) is 5.00 Å². The van der Waals surface area contributed by atoms with Gasteiger partial charge in [0.15, 0.2) is 0 Å². The molecule has 0 bridgehead atoms. The van der Waals surface area contributed by atoms with Crippen molar-refractivity contribution in [2.45, 2.75) is 32.2 Å². The molecule has 1 unspecified atom stereocenters. The van der Waals surface area contributed by atoms with Crippen molar-refractivity contribution in [2.24, 2.45) is 0 Å². The zero-order valence-corrected chi connectivity index (χ0v) is 12.2. The van der Waals surface area contributed by atoms with Crippen LogP contribution in [0.3, 0.4) is 0 Å². The summed E-state index contributed by atoms with van der Waals surface area (Å²) in [4.78, 5) is 2.56. The van der Waals surface area contributed by atoms with E-state index in [9.17, 15) is 0 Å². The van der Waals surface area contributed by atoms with Gasteiger partial charge in [0.25, 0.3) is 0 Å². The quantitative estimate of drug-likeness (QED) is 0.849. The van der Waals surface area contributed by atoms with Crippen molar-refractivity contribution in [3.8, 4) is 0 Å². The van der Waals surface area contributed by atoms with Crippen molar-refractivity contribution in [3.05, 3.63) is 24.3 Å². The maximum Gasteiger partial charge on any atom is 0.120 e. The van der Waals surface area contributed by atoms with Gasteiger partial charge in [-0.25, -0.2) is 0 Å². The van der Waals surface area contributed by atoms with Crippen LogP contribution in [0.5, 0.6) is 0 Å². The third-order valence-electron chi connectivity index (χ3n) is 3.81. The molecule has 1 saturated heterocycles. The minimum absolute atomic E-state index is 0.635. The molecule has 2 heterocycles. The van der Waals surface area contributed by atoms with Crippen LogP contribution in [-0.2, 0) is 0 Å². The van der Waals surface area contributed by atoms with Gasteiger partial charge in [-0.2, -0.15) is 4.37 Å². The van der Waals surface area contributed by atoms with Crippen LogP contribution < -0.4 is 10.2 Å². The van der Waals surface area contributed by atoms with E-state index in [0.717, 1.165) is 18.6 Å². The third-order valence-corrected chi connectivity index (χ3v) is 4.72. The molecule has 1 fully saturated rings. The molecule has 1 atom stereocenters. The number of aromatic nitrogens is 1. The minimum Gasteiger partial charge on any atom is -0.357 e. The summed E-state index contributed by atoms with van der Waals surface area (Å²) in [6, 6.07) is 9.12. The molecule has 1 aliphatic heterocycles. The highest BCUT2D eigenvalue weighted by Crippen LogP contribution is 2.35. The highest BCUT2D eigenvalue weighted by molar-refractivity contribution is 7.11. The minimum atomic E-state index is 0.635. The molecule has 3 nitrogen and oxygen atoms in total. The molecule has 4 heteroatoms. The molecule has 102 valence electrons. The van der Waals surface area contributed by atoms with E-state index in [0.29, 0.717) is 6.04 Å². The monoisotopic (exact) mass is 275 g/mol. The molecular weight excluding hydrogens is 254 g/mol. The Morgan fingerprint density at radius 1 is 1.42 bits per heavy atom. The first-order valence-corrected chi connectivity index (χ1v) is 7.99. The predicted octanol–water partition coefficient (Wildman–Crippen LogP) is 3.26. The van der Waals surface area contributed by atoms with Crippen LogP contribution in [0.15, 0.2) is 24.3 Å². The zero-order valence-electron chi connectivity index (χ0n) is 11.4. The Labute approximate surface area is 118 Å². The summed E-state index contributed by atoms with van der Waals surface area (Å²) in [5, 5.41) is 6.23. The maximum absolute atomic E-state index is 4.57. The summed E-state index contributed by atoms with van der Waals surface area (Å²) in [6.45, 7) is 5.61. The Bertz CT molecular complexity index is 537. The van der Waals surface area contributed by atoms with Gasteiger partial charge in [-0.3, -0.25) is 0 Å². The average Bonchev–Trinajstić information content (AvgIpc) is 3.04. The molecule has 2 aromatic rings. The van der Waals surface area contributed by atoms with Crippen LogP contribution in [0.2, 0.25) is 0 Å². The number of anilines is 1. The predicted molar refractivity (Wildman–Crippen MR) is 83.1 cm³/mol. The second kappa shape index (κ2) is 5.88. The number of hydrogen-bond acceptors (Lipinski definition) is 4. The molecule has 0 aliphatic carbocycles. The van der Waals surface area contributed by atoms with E-state index >= 15 is 0 Å². The van der Waals surface area contributed by atoms with E-state index in [-0.39, 0.29) is 0 Å². The number of fused-ring (bicyclic) bond motifs is 1. The molecule has 3 rings (SSSR count). The van der Waals surface area contributed by atoms with Crippen molar-refractivity contribution in [1.29, 1.82) is 0 Å². The zero-order chi connectivity index (χ0) is 13.1. The van der Waals surface area contributed by atoms with Crippen molar-refractivity contribution in [3.63, 3.8) is 0 Å². The molecule has 0 saturated carbocycles. The lowest BCUT2D eigenvalue weighted by Crippen LogP contribution is -2.37. The van der Waals surface area contributed by atoms with Gasteiger partial charge in [-0.15, -0.1) is 0 Å². The second-order valence-electron chi connectivity index (χ2n) is 5.20. The van der Waals surface area contributed by atoms with Gasteiger partial charge in [-0.1, -0.05) is 19.1 Å². The smallest absolute Gasteiger partial charge is 0.120 e. The highest BCUT2D eigenvalue weighted by atomic mass is 32.1. The first-order valence-electron chi connectivity index (χ1n) is 7.22. The standard InChI is InChI=1S/C15H21N3S/c1-2-9-16-11-12-6-5-10-18(12)15-13-7-3-4-8-14(13)17-19-15/h3-4,7-8,12,16H,2,5-6,9-11H2,1H3. The lowest BCUT2D eigenvalue weighted by Gasteiger charge is -2.25. The summed E-state index contributed by atoms with van der Waals surface area (Å²) >= 11 is 1.65.